The van der Waals surface area contributed by atoms with Crippen LogP contribution in [-0.2, 0) is 16.0 Å². The molecule has 1 saturated heterocycles. The Kier molecular flexibility index (Phi) is 7.11. The lowest BCUT2D eigenvalue weighted by Crippen LogP contribution is -2.38. The minimum Gasteiger partial charge on any atom is -0.497 e. The molecule has 0 aromatic heterocycles. The van der Waals surface area contributed by atoms with Crippen LogP contribution in [0.5, 0.6) is 5.75 Å². The van der Waals surface area contributed by atoms with Crippen LogP contribution in [0.2, 0.25) is 0 Å². The van der Waals surface area contributed by atoms with Gasteiger partial charge >= 0.3 is 0 Å². The van der Waals surface area contributed by atoms with Gasteiger partial charge in [0.2, 0.25) is 11.8 Å². The van der Waals surface area contributed by atoms with Crippen LogP contribution in [0.15, 0.2) is 48.5 Å². The Hall–Kier alpha value is -2.86. The van der Waals surface area contributed by atoms with Crippen molar-refractivity contribution < 1.29 is 14.3 Å². The molecule has 0 radical (unpaired) electrons. The maximum atomic E-state index is 12.8. The SMILES string of the molecule is CCc1ccc(N2CC(C(=O)NCC(c3cccc(OC)c3)N(C)C)CC2=O)cc1. The summed E-state index contributed by atoms with van der Waals surface area (Å²) in [5, 5.41) is 3.05. The summed E-state index contributed by atoms with van der Waals surface area (Å²) < 4.78 is 5.32. The molecule has 0 saturated carbocycles. The number of rotatable bonds is 8. The van der Waals surface area contributed by atoms with Crippen molar-refractivity contribution in [1.82, 2.24) is 10.2 Å². The Morgan fingerprint density at radius 1 is 1.23 bits per heavy atom. The second-order valence-electron chi connectivity index (χ2n) is 7.93. The number of aryl methyl sites for hydroxylation is 1. The topological polar surface area (TPSA) is 61.9 Å². The molecule has 1 heterocycles. The maximum absolute atomic E-state index is 12.8. The highest BCUT2D eigenvalue weighted by atomic mass is 16.5. The molecule has 1 aliphatic heterocycles. The lowest BCUT2D eigenvalue weighted by Gasteiger charge is -2.26. The zero-order chi connectivity index (χ0) is 21.7. The van der Waals surface area contributed by atoms with Crippen molar-refractivity contribution in [3.63, 3.8) is 0 Å². The summed E-state index contributed by atoms with van der Waals surface area (Å²) in [5.74, 6) is 0.371. The summed E-state index contributed by atoms with van der Waals surface area (Å²) in [6, 6.07) is 15.9. The maximum Gasteiger partial charge on any atom is 0.227 e. The number of ether oxygens (including phenoxy) is 1. The molecule has 0 spiro atoms. The number of carbonyl (C=O) groups excluding carboxylic acids is 2. The van der Waals surface area contributed by atoms with Crippen molar-refractivity contribution >= 4 is 17.5 Å². The second-order valence-corrected chi connectivity index (χ2v) is 7.93. The van der Waals surface area contributed by atoms with Gasteiger partial charge < -0.3 is 19.9 Å². The zero-order valence-electron chi connectivity index (χ0n) is 18.2. The normalized spacial score (nSPS) is 17.3. The van der Waals surface area contributed by atoms with E-state index in [-0.39, 0.29) is 30.2 Å². The van der Waals surface area contributed by atoms with E-state index in [1.165, 1.54) is 5.56 Å². The Bertz CT molecular complexity index is 880. The lowest BCUT2D eigenvalue weighted by molar-refractivity contribution is -0.126. The number of carbonyl (C=O) groups is 2. The van der Waals surface area contributed by atoms with Crippen LogP contribution in [0, 0.1) is 5.92 Å². The summed E-state index contributed by atoms with van der Waals surface area (Å²) in [6.07, 6.45) is 1.20. The first kappa shape index (κ1) is 21.8. The zero-order valence-corrected chi connectivity index (χ0v) is 18.2. The quantitative estimate of drug-likeness (QED) is 0.728. The lowest BCUT2D eigenvalue weighted by atomic mass is 10.0. The number of benzene rings is 2. The van der Waals surface area contributed by atoms with E-state index in [0.29, 0.717) is 13.1 Å². The Balaban J connectivity index is 1.62. The van der Waals surface area contributed by atoms with Crippen molar-refractivity contribution in [2.24, 2.45) is 5.92 Å². The first-order valence-electron chi connectivity index (χ1n) is 10.4. The standard InChI is InChI=1S/C24H31N3O3/c1-5-17-9-11-20(12-10-17)27-16-19(14-23(27)28)24(29)25-15-22(26(2)3)18-7-6-8-21(13-18)30-4/h6-13,19,22H,5,14-16H2,1-4H3,(H,25,29). The van der Waals surface area contributed by atoms with Crippen LogP contribution in [0.3, 0.4) is 0 Å². The molecule has 1 aliphatic rings. The van der Waals surface area contributed by atoms with E-state index in [0.717, 1.165) is 23.4 Å². The van der Waals surface area contributed by atoms with Gasteiger partial charge in [0.05, 0.1) is 19.1 Å². The monoisotopic (exact) mass is 409 g/mol. The van der Waals surface area contributed by atoms with Gasteiger partial charge in [-0.1, -0.05) is 31.2 Å². The molecule has 1 fully saturated rings. The predicted octanol–water partition coefficient (Wildman–Crippen LogP) is 3.03. The summed E-state index contributed by atoms with van der Waals surface area (Å²) in [7, 11) is 5.61. The number of amides is 2. The highest BCUT2D eigenvalue weighted by Crippen LogP contribution is 2.26. The van der Waals surface area contributed by atoms with Crippen molar-refractivity contribution in [2.45, 2.75) is 25.8 Å². The number of hydrogen-bond donors (Lipinski definition) is 1. The fourth-order valence-corrected chi connectivity index (χ4v) is 3.83. The highest BCUT2D eigenvalue weighted by molar-refractivity contribution is 6.00. The van der Waals surface area contributed by atoms with E-state index in [4.69, 9.17) is 4.74 Å². The molecule has 3 rings (SSSR count). The van der Waals surface area contributed by atoms with Crippen LogP contribution >= 0.6 is 0 Å². The van der Waals surface area contributed by atoms with Crippen molar-refractivity contribution in [1.29, 1.82) is 0 Å². The minimum atomic E-state index is -0.337. The molecule has 2 amide bonds. The minimum absolute atomic E-state index is 0.00338. The van der Waals surface area contributed by atoms with Crippen LogP contribution in [-0.4, -0.2) is 51.0 Å². The van der Waals surface area contributed by atoms with E-state index in [2.05, 4.69) is 17.1 Å². The summed E-state index contributed by atoms with van der Waals surface area (Å²) in [5.41, 5.74) is 3.15. The van der Waals surface area contributed by atoms with Crippen LogP contribution in [0.4, 0.5) is 5.69 Å². The molecule has 2 atom stereocenters. The van der Waals surface area contributed by atoms with E-state index >= 15 is 0 Å². The molecule has 0 aliphatic carbocycles. The fraction of sp³-hybridized carbons (Fsp3) is 0.417. The van der Waals surface area contributed by atoms with Gasteiger partial charge in [0.1, 0.15) is 5.75 Å². The average Bonchev–Trinajstić information content (AvgIpc) is 3.15. The van der Waals surface area contributed by atoms with Crippen LogP contribution in [0.25, 0.3) is 0 Å². The average molecular weight is 410 g/mol. The molecule has 0 bridgehead atoms. The van der Waals surface area contributed by atoms with Gasteiger partial charge in [0, 0.05) is 25.2 Å². The third-order valence-corrected chi connectivity index (χ3v) is 5.72. The third kappa shape index (κ3) is 5.00. The number of likely N-dealkylation sites (N-methyl/N-ethyl adjacent to an activating group) is 1. The molecule has 6 nitrogen and oxygen atoms in total. The van der Waals surface area contributed by atoms with E-state index in [1.807, 2.05) is 62.6 Å². The van der Waals surface area contributed by atoms with E-state index in [9.17, 15) is 9.59 Å². The molecule has 2 unspecified atom stereocenters. The summed E-state index contributed by atoms with van der Waals surface area (Å²) in [4.78, 5) is 29.1. The first-order chi connectivity index (χ1) is 14.4. The molecule has 30 heavy (non-hydrogen) atoms. The summed E-state index contributed by atoms with van der Waals surface area (Å²) in [6.45, 7) is 2.99. The van der Waals surface area contributed by atoms with Gasteiger partial charge in [0.15, 0.2) is 0 Å². The van der Waals surface area contributed by atoms with Crippen molar-refractivity contribution in [3.8, 4) is 5.75 Å². The molecular formula is C24H31N3O3. The predicted molar refractivity (Wildman–Crippen MR) is 119 cm³/mol. The van der Waals surface area contributed by atoms with E-state index in [1.54, 1.807) is 12.0 Å². The highest BCUT2D eigenvalue weighted by Gasteiger charge is 2.35. The third-order valence-electron chi connectivity index (χ3n) is 5.72. The molecular weight excluding hydrogens is 378 g/mol. The number of nitrogens with zero attached hydrogens (tertiary/aromatic N) is 2. The largest absolute Gasteiger partial charge is 0.497 e. The Morgan fingerprint density at radius 3 is 2.60 bits per heavy atom. The number of anilines is 1. The van der Waals surface area contributed by atoms with Gasteiger partial charge in [-0.25, -0.2) is 0 Å². The van der Waals surface area contributed by atoms with Gasteiger partial charge in [-0.15, -0.1) is 0 Å². The first-order valence-corrected chi connectivity index (χ1v) is 10.4. The van der Waals surface area contributed by atoms with Crippen molar-refractivity contribution in [3.05, 3.63) is 59.7 Å². The van der Waals surface area contributed by atoms with Crippen LogP contribution < -0.4 is 15.0 Å². The molecule has 6 heteroatoms. The molecule has 2 aromatic carbocycles. The summed E-state index contributed by atoms with van der Waals surface area (Å²) >= 11 is 0. The van der Waals surface area contributed by atoms with Gasteiger partial charge in [0.25, 0.3) is 0 Å². The number of methoxy groups -OCH3 is 1. The van der Waals surface area contributed by atoms with Crippen molar-refractivity contribution in [2.75, 3.05) is 39.2 Å². The second kappa shape index (κ2) is 9.76. The number of hydrogen-bond acceptors (Lipinski definition) is 4. The molecule has 160 valence electrons. The molecule has 1 N–H and O–H groups in total. The number of nitrogens with one attached hydrogen (secondary N) is 1. The van der Waals surface area contributed by atoms with Crippen LogP contribution in [0.1, 0.15) is 30.5 Å². The van der Waals surface area contributed by atoms with Gasteiger partial charge in [-0.05, 0) is 55.9 Å². The smallest absolute Gasteiger partial charge is 0.227 e. The van der Waals surface area contributed by atoms with Gasteiger partial charge in [-0.3, -0.25) is 9.59 Å². The fourth-order valence-electron chi connectivity index (χ4n) is 3.83. The Labute approximate surface area is 178 Å². The Morgan fingerprint density at radius 2 is 1.97 bits per heavy atom. The van der Waals surface area contributed by atoms with E-state index < -0.39 is 0 Å². The van der Waals surface area contributed by atoms with Gasteiger partial charge in [-0.2, -0.15) is 0 Å². The molecule has 2 aromatic rings.